The van der Waals surface area contributed by atoms with Gasteiger partial charge in [-0.3, -0.25) is 0 Å². The first-order chi connectivity index (χ1) is 6.77. The van der Waals surface area contributed by atoms with Crippen LogP contribution < -0.4 is 5.32 Å². The summed E-state index contributed by atoms with van der Waals surface area (Å²) >= 11 is 0. The van der Waals surface area contributed by atoms with Gasteiger partial charge in [-0.05, 0) is 0 Å². The Morgan fingerprint density at radius 3 is 2.79 bits per heavy atom. The molecule has 0 saturated carbocycles. The molecular formula is C9H14N2O3. The summed E-state index contributed by atoms with van der Waals surface area (Å²) in [6, 6.07) is 2.18. The van der Waals surface area contributed by atoms with Gasteiger partial charge in [-0.1, -0.05) is 0 Å². The standard InChI is InChI=1S/C9H14N2O3/c1-12-9(13-2)5-14-7-6(3-10)4-11-8(7)9/h6-8,11H,4-5H2,1-2H3. The van der Waals surface area contributed by atoms with Crippen LogP contribution in [0.5, 0.6) is 0 Å². The van der Waals surface area contributed by atoms with Crippen LogP contribution in [-0.2, 0) is 14.2 Å². The van der Waals surface area contributed by atoms with Gasteiger partial charge in [0, 0.05) is 20.8 Å². The Balaban J connectivity index is 2.18. The predicted octanol–water partition coefficient (Wildman–Crippen LogP) is -0.514. The Morgan fingerprint density at radius 1 is 1.50 bits per heavy atom. The molecule has 0 aromatic heterocycles. The van der Waals surface area contributed by atoms with Crippen LogP contribution in [-0.4, -0.2) is 45.3 Å². The first-order valence-corrected chi connectivity index (χ1v) is 4.62. The molecule has 2 aliphatic rings. The van der Waals surface area contributed by atoms with Gasteiger partial charge >= 0.3 is 0 Å². The van der Waals surface area contributed by atoms with Gasteiger partial charge in [0.25, 0.3) is 0 Å². The van der Waals surface area contributed by atoms with E-state index in [1.807, 2.05) is 0 Å². The van der Waals surface area contributed by atoms with Crippen molar-refractivity contribution in [2.24, 2.45) is 5.92 Å². The maximum atomic E-state index is 8.88. The number of ether oxygens (including phenoxy) is 3. The minimum Gasteiger partial charge on any atom is -0.369 e. The molecule has 3 atom stereocenters. The number of nitrogens with one attached hydrogen (secondary N) is 1. The van der Waals surface area contributed by atoms with Crippen molar-refractivity contribution in [3.05, 3.63) is 0 Å². The van der Waals surface area contributed by atoms with Crippen molar-refractivity contribution in [1.82, 2.24) is 5.32 Å². The zero-order valence-electron chi connectivity index (χ0n) is 8.32. The van der Waals surface area contributed by atoms with E-state index in [1.54, 1.807) is 14.2 Å². The highest BCUT2D eigenvalue weighted by Crippen LogP contribution is 2.35. The molecule has 0 bridgehead atoms. The molecule has 0 radical (unpaired) electrons. The summed E-state index contributed by atoms with van der Waals surface area (Å²) in [7, 11) is 3.19. The fourth-order valence-corrected chi connectivity index (χ4v) is 2.21. The Kier molecular flexibility index (Phi) is 2.45. The number of fused-ring (bicyclic) bond motifs is 1. The molecule has 2 saturated heterocycles. The highest BCUT2D eigenvalue weighted by atomic mass is 16.7. The van der Waals surface area contributed by atoms with Crippen LogP contribution >= 0.6 is 0 Å². The number of hydrogen-bond acceptors (Lipinski definition) is 5. The first-order valence-electron chi connectivity index (χ1n) is 4.62. The van der Waals surface area contributed by atoms with Crippen molar-refractivity contribution in [2.45, 2.75) is 17.9 Å². The molecule has 0 aromatic carbocycles. The lowest BCUT2D eigenvalue weighted by atomic mass is 10.0. The van der Waals surface area contributed by atoms with Crippen LogP contribution in [0.4, 0.5) is 0 Å². The zero-order valence-corrected chi connectivity index (χ0v) is 8.32. The van der Waals surface area contributed by atoms with E-state index in [-0.39, 0.29) is 18.1 Å². The number of nitriles is 1. The SMILES string of the molecule is COC1(OC)COC2C(C#N)CNC21. The second-order valence-electron chi connectivity index (χ2n) is 3.62. The second-order valence-corrected chi connectivity index (χ2v) is 3.62. The molecule has 0 aliphatic carbocycles. The monoisotopic (exact) mass is 198 g/mol. The van der Waals surface area contributed by atoms with Gasteiger partial charge in [0.2, 0.25) is 5.79 Å². The van der Waals surface area contributed by atoms with Crippen LogP contribution in [0.1, 0.15) is 0 Å². The summed E-state index contributed by atoms with van der Waals surface area (Å²) in [5, 5.41) is 12.1. The second kappa shape index (κ2) is 3.48. The molecule has 2 rings (SSSR count). The van der Waals surface area contributed by atoms with Crippen LogP contribution in [0.25, 0.3) is 0 Å². The third-order valence-corrected chi connectivity index (χ3v) is 3.09. The largest absolute Gasteiger partial charge is 0.369 e. The first kappa shape index (κ1) is 9.87. The van der Waals surface area contributed by atoms with Gasteiger partial charge in [0.15, 0.2) is 0 Å². The molecule has 14 heavy (non-hydrogen) atoms. The highest BCUT2D eigenvalue weighted by Gasteiger charge is 2.56. The van der Waals surface area contributed by atoms with E-state index in [2.05, 4.69) is 11.4 Å². The average molecular weight is 198 g/mol. The van der Waals surface area contributed by atoms with Crippen molar-refractivity contribution in [2.75, 3.05) is 27.4 Å². The van der Waals surface area contributed by atoms with E-state index < -0.39 is 5.79 Å². The van der Waals surface area contributed by atoms with E-state index in [9.17, 15) is 0 Å². The van der Waals surface area contributed by atoms with Crippen LogP contribution in [0.15, 0.2) is 0 Å². The Bertz CT molecular complexity index is 259. The molecule has 2 fully saturated rings. The molecule has 2 aliphatic heterocycles. The molecular weight excluding hydrogens is 184 g/mol. The van der Waals surface area contributed by atoms with Crippen LogP contribution in [0.2, 0.25) is 0 Å². The van der Waals surface area contributed by atoms with Crippen LogP contribution in [0.3, 0.4) is 0 Å². The van der Waals surface area contributed by atoms with Crippen molar-refractivity contribution in [3.8, 4) is 6.07 Å². The number of nitrogens with zero attached hydrogens (tertiary/aromatic N) is 1. The fourth-order valence-electron chi connectivity index (χ4n) is 2.21. The predicted molar refractivity (Wildman–Crippen MR) is 47.4 cm³/mol. The lowest BCUT2D eigenvalue weighted by Crippen LogP contribution is -2.51. The lowest BCUT2D eigenvalue weighted by Gasteiger charge is -2.29. The summed E-state index contributed by atoms with van der Waals surface area (Å²) in [4.78, 5) is 0. The minimum atomic E-state index is -0.726. The molecule has 2 heterocycles. The zero-order chi connectivity index (χ0) is 10.2. The lowest BCUT2D eigenvalue weighted by molar-refractivity contribution is -0.213. The Hall–Kier alpha value is -0.670. The molecule has 3 unspecified atom stereocenters. The average Bonchev–Trinajstić information content (AvgIpc) is 2.77. The van der Waals surface area contributed by atoms with Crippen molar-refractivity contribution in [1.29, 1.82) is 5.26 Å². The summed E-state index contributed by atoms with van der Waals surface area (Å²) in [6.07, 6.45) is -0.111. The van der Waals surface area contributed by atoms with Gasteiger partial charge < -0.3 is 19.5 Å². The summed E-state index contributed by atoms with van der Waals surface area (Å²) in [5.74, 6) is -0.830. The van der Waals surface area contributed by atoms with Gasteiger partial charge in [0.05, 0.1) is 24.1 Å². The van der Waals surface area contributed by atoms with Crippen molar-refractivity contribution >= 4 is 0 Å². The number of hydrogen-bond donors (Lipinski definition) is 1. The van der Waals surface area contributed by atoms with E-state index in [1.165, 1.54) is 0 Å². The molecule has 1 N–H and O–H groups in total. The maximum Gasteiger partial charge on any atom is 0.209 e. The normalized spacial score (nSPS) is 39.4. The number of rotatable bonds is 2. The molecule has 5 heteroatoms. The number of methoxy groups -OCH3 is 2. The van der Waals surface area contributed by atoms with Gasteiger partial charge in [-0.15, -0.1) is 0 Å². The maximum absolute atomic E-state index is 8.88. The molecule has 5 nitrogen and oxygen atoms in total. The van der Waals surface area contributed by atoms with Gasteiger partial charge in [0.1, 0.15) is 6.61 Å². The van der Waals surface area contributed by atoms with Gasteiger partial charge in [-0.25, -0.2) is 0 Å². The van der Waals surface area contributed by atoms with E-state index >= 15 is 0 Å². The topological polar surface area (TPSA) is 63.5 Å². The fraction of sp³-hybridized carbons (Fsp3) is 0.889. The van der Waals surface area contributed by atoms with Crippen molar-refractivity contribution < 1.29 is 14.2 Å². The Morgan fingerprint density at radius 2 is 2.21 bits per heavy atom. The van der Waals surface area contributed by atoms with Crippen LogP contribution in [0, 0.1) is 17.2 Å². The van der Waals surface area contributed by atoms with Crippen molar-refractivity contribution in [3.63, 3.8) is 0 Å². The summed E-state index contributed by atoms with van der Waals surface area (Å²) in [5.41, 5.74) is 0. The third kappa shape index (κ3) is 1.16. The molecule has 78 valence electrons. The minimum absolute atomic E-state index is 0.0397. The molecule has 0 amide bonds. The smallest absolute Gasteiger partial charge is 0.209 e. The summed E-state index contributed by atoms with van der Waals surface area (Å²) < 4.78 is 16.2. The van der Waals surface area contributed by atoms with E-state index in [4.69, 9.17) is 19.5 Å². The Labute approximate surface area is 82.9 Å². The molecule has 0 spiro atoms. The van der Waals surface area contributed by atoms with E-state index in [0.717, 1.165) is 0 Å². The quantitative estimate of drug-likeness (QED) is 0.605. The highest BCUT2D eigenvalue weighted by molar-refractivity contribution is 5.10. The molecule has 0 aromatic rings. The van der Waals surface area contributed by atoms with E-state index in [0.29, 0.717) is 13.2 Å². The summed E-state index contributed by atoms with van der Waals surface area (Å²) in [6.45, 7) is 1.01. The van der Waals surface area contributed by atoms with Gasteiger partial charge in [-0.2, -0.15) is 5.26 Å². The third-order valence-electron chi connectivity index (χ3n) is 3.09.